The summed E-state index contributed by atoms with van der Waals surface area (Å²) in [5.41, 5.74) is 9.31. The predicted octanol–water partition coefficient (Wildman–Crippen LogP) is 5.79. The Morgan fingerprint density at radius 3 is 2.10 bits per heavy atom. The summed E-state index contributed by atoms with van der Waals surface area (Å²) in [5, 5.41) is 13.4. The molecule has 0 bridgehead atoms. The average Bonchev–Trinajstić information content (AvgIpc) is 2.95. The molecule has 1 heterocycles. The molecule has 4 nitrogen and oxygen atoms in total. The second kappa shape index (κ2) is 9.75. The van der Waals surface area contributed by atoms with Crippen LogP contribution in [0.25, 0.3) is 0 Å². The van der Waals surface area contributed by atoms with Crippen molar-refractivity contribution in [1.82, 2.24) is 9.88 Å². The quantitative estimate of drug-likeness (QED) is 0.439. The number of hydrogen-bond donors (Lipinski definition) is 2. The molecular weight excluding hydrogens is 404 g/mol. The molecule has 0 aliphatic carbocycles. The van der Waals surface area contributed by atoms with E-state index in [0.717, 1.165) is 17.0 Å². The first kappa shape index (κ1) is 23.2. The fraction of sp³-hybridized carbons (Fsp3) is 0.346. The Morgan fingerprint density at radius 2 is 1.55 bits per heavy atom. The molecule has 3 aromatic rings. The van der Waals surface area contributed by atoms with Crippen LogP contribution in [0.15, 0.2) is 41.3 Å². The first-order chi connectivity index (χ1) is 14.7. The Labute approximate surface area is 189 Å². The molecule has 0 aliphatic heterocycles. The summed E-state index contributed by atoms with van der Waals surface area (Å²) in [6.07, 6.45) is 2.07. The molecule has 0 amide bonds. The molecule has 0 unspecified atom stereocenters. The minimum atomic E-state index is -0.863. The number of aryl methyl sites for hydroxylation is 3. The van der Waals surface area contributed by atoms with Crippen LogP contribution < -0.4 is 5.32 Å². The molecule has 164 valence electrons. The summed E-state index contributed by atoms with van der Waals surface area (Å²) in [4.78, 5) is 13.3. The lowest BCUT2D eigenvalue weighted by Gasteiger charge is -2.16. The number of nitrogens with zero attached hydrogens (tertiary/aromatic N) is 1. The number of carbonyl (C=O) groups is 1. The van der Waals surface area contributed by atoms with E-state index in [2.05, 4.69) is 73.3 Å². The van der Waals surface area contributed by atoms with Crippen molar-refractivity contribution in [2.24, 2.45) is 0 Å². The summed E-state index contributed by atoms with van der Waals surface area (Å²) >= 11 is 1.72. The first-order valence-corrected chi connectivity index (χ1v) is 11.8. The van der Waals surface area contributed by atoms with Crippen molar-refractivity contribution >= 4 is 17.7 Å². The zero-order valence-corrected chi connectivity index (χ0v) is 20.1. The lowest BCUT2D eigenvalue weighted by molar-refractivity contribution is 0.0694. The maximum absolute atomic E-state index is 12.1. The lowest BCUT2D eigenvalue weighted by Crippen LogP contribution is -2.15. The number of hydrogen-bond acceptors (Lipinski definition) is 3. The Hall–Kier alpha value is -2.50. The highest BCUT2D eigenvalue weighted by Gasteiger charge is 2.23. The number of carboxylic acids is 1. The number of rotatable bonds is 8. The molecule has 0 fully saturated rings. The van der Waals surface area contributed by atoms with E-state index in [4.69, 9.17) is 0 Å². The van der Waals surface area contributed by atoms with Gasteiger partial charge < -0.3 is 15.0 Å². The largest absolute Gasteiger partial charge is 0.478 e. The third-order valence-corrected chi connectivity index (χ3v) is 6.81. The monoisotopic (exact) mass is 436 g/mol. The summed E-state index contributed by atoms with van der Waals surface area (Å²) < 4.78 is 2.15. The van der Waals surface area contributed by atoms with Gasteiger partial charge in [-0.05, 0) is 75.3 Å². The second-order valence-electron chi connectivity index (χ2n) is 8.24. The fourth-order valence-electron chi connectivity index (χ4n) is 4.38. The van der Waals surface area contributed by atoms with Crippen LogP contribution in [0.4, 0.5) is 0 Å². The number of aromatic nitrogens is 1. The Morgan fingerprint density at radius 1 is 0.935 bits per heavy atom. The van der Waals surface area contributed by atoms with E-state index in [-0.39, 0.29) is 0 Å². The number of benzene rings is 2. The van der Waals surface area contributed by atoms with Gasteiger partial charge in [0.25, 0.3) is 0 Å². The highest BCUT2D eigenvalue weighted by atomic mass is 32.2. The molecule has 1 aromatic heterocycles. The SMILES string of the molecule is CSc1ccc(CNCc2c(C(=O)O)c(C)n(Cc3c(C)cc(C)cc3C)c2C)cc1. The third kappa shape index (κ3) is 5.05. The molecule has 5 heteroatoms. The van der Waals surface area contributed by atoms with Crippen LogP contribution in [-0.4, -0.2) is 21.9 Å². The van der Waals surface area contributed by atoms with Gasteiger partial charge in [0.15, 0.2) is 0 Å². The molecule has 2 aromatic carbocycles. The third-order valence-electron chi connectivity index (χ3n) is 6.07. The smallest absolute Gasteiger partial charge is 0.337 e. The molecule has 31 heavy (non-hydrogen) atoms. The van der Waals surface area contributed by atoms with Gasteiger partial charge in [0.2, 0.25) is 0 Å². The average molecular weight is 437 g/mol. The van der Waals surface area contributed by atoms with E-state index in [1.165, 1.54) is 32.7 Å². The van der Waals surface area contributed by atoms with Crippen molar-refractivity contribution in [3.05, 3.63) is 86.7 Å². The van der Waals surface area contributed by atoms with Gasteiger partial charge >= 0.3 is 5.97 Å². The number of thioether (sulfide) groups is 1. The van der Waals surface area contributed by atoms with Crippen LogP contribution in [0, 0.1) is 34.6 Å². The Kier molecular flexibility index (Phi) is 7.29. The van der Waals surface area contributed by atoms with Crippen molar-refractivity contribution in [3.8, 4) is 0 Å². The van der Waals surface area contributed by atoms with E-state index in [9.17, 15) is 9.90 Å². The molecule has 0 radical (unpaired) electrons. The topological polar surface area (TPSA) is 54.3 Å². The molecule has 0 saturated carbocycles. The fourth-order valence-corrected chi connectivity index (χ4v) is 4.79. The van der Waals surface area contributed by atoms with Crippen molar-refractivity contribution in [1.29, 1.82) is 0 Å². The van der Waals surface area contributed by atoms with Gasteiger partial charge in [-0.15, -0.1) is 11.8 Å². The van der Waals surface area contributed by atoms with Crippen LogP contribution in [-0.2, 0) is 19.6 Å². The van der Waals surface area contributed by atoms with Crippen LogP contribution in [0.1, 0.15) is 55.1 Å². The zero-order chi connectivity index (χ0) is 22.7. The summed E-state index contributed by atoms with van der Waals surface area (Å²) in [7, 11) is 0. The van der Waals surface area contributed by atoms with Crippen molar-refractivity contribution in [3.63, 3.8) is 0 Å². The Balaban J connectivity index is 1.86. The van der Waals surface area contributed by atoms with Crippen molar-refractivity contribution < 1.29 is 9.90 Å². The van der Waals surface area contributed by atoms with E-state index < -0.39 is 5.97 Å². The van der Waals surface area contributed by atoms with Gasteiger partial charge in [0, 0.05) is 41.5 Å². The minimum Gasteiger partial charge on any atom is -0.478 e. The summed E-state index contributed by atoms with van der Waals surface area (Å²) in [6.45, 7) is 12.2. The van der Waals surface area contributed by atoms with Gasteiger partial charge in [-0.1, -0.05) is 29.8 Å². The molecule has 0 saturated heterocycles. The van der Waals surface area contributed by atoms with Gasteiger partial charge in [-0.3, -0.25) is 0 Å². The number of carboxylic acid groups (broad SMARTS) is 1. The molecular formula is C26H32N2O2S. The van der Waals surface area contributed by atoms with Crippen molar-refractivity contribution in [2.75, 3.05) is 6.26 Å². The first-order valence-electron chi connectivity index (χ1n) is 10.5. The summed E-state index contributed by atoms with van der Waals surface area (Å²) in [6, 6.07) is 12.8. The van der Waals surface area contributed by atoms with Gasteiger partial charge in [0.1, 0.15) is 0 Å². The van der Waals surface area contributed by atoms with Crippen LogP contribution in [0.5, 0.6) is 0 Å². The second-order valence-corrected chi connectivity index (χ2v) is 9.12. The standard InChI is InChI=1S/C26H32N2O2S/c1-16-11-17(2)24(18(3)12-16)15-28-19(4)23(25(20(28)5)26(29)30)14-27-13-21-7-9-22(31-6)10-8-21/h7-12,27H,13-15H2,1-6H3,(H,29,30). The van der Waals surface area contributed by atoms with E-state index in [0.29, 0.717) is 25.2 Å². The highest BCUT2D eigenvalue weighted by molar-refractivity contribution is 7.98. The lowest BCUT2D eigenvalue weighted by atomic mass is 9.99. The van der Waals surface area contributed by atoms with Gasteiger partial charge in [0.05, 0.1) is 5.56 Å². The predicted molar refractivity (Wildman–Crippen MR) is 129 cm³/mol. The maximum atomic E-state index is 12.1. The van der Waals surface area contributed by atoms with Crippen LogP contribution >= 0.6 is 11.8 Å². The van der Waals surface area contributed by atoms with Crippen LogP contribution in [0.3, 0.4) is 0 Å². The molecule has 0 aliphatic rings. The normalized spacial score (nSPS) is 11.2. The molecule has 2 N–H and O–H groups in total. The zero-order valence-electron chi connectivity index (χ0n) is 19.3. The Bertz CT molecular complexity index is 1070. The molecule has 0 spiro atoms. The highest BCUT2D eigenvalue weighted by Crippen LogP contribution is 2.26. The maximum Gasteiger partial charge on any atom is 0.337 e. The van der Waals surface area contributed by atoms with E-state index in [1.807, 2.05) is 13.8 Å². The number of aromatic carboxylic acids is 1. The molecule has 0 atom stereocenters. The number of nitrogens with one attached hydrogen (secondary N) is 1. The van der Waals surface area contributed by atoms with Crippen LogP contribution in [0.2, 0.25) is 0 Å². The minimum absolute atomic E-state index is 0.421. The summed E-state index contributed by atoms with van der Waals surface area (Å²) in [5.74, 6) is -0.863. The van der Waals surface area contributed by atoms with Gasteiger partial charge in [-0.25, -0.2) is 4.79 Å². The van der Waals surface area contributed by atoms with E-state index in [1.54, 1.807) is 11.8 Å². The molecule has 3 rings (SSSR count). The van der Waals surface area contributed by atoms with Crippen molar-refractivity contribution in [2.45, 2.75) is 59.1 Å². The van der Waals surface area contributed by atoms with Gasteiger partial charge in [-0.2, -0.15) is 0 Å². The van der Waals surface area contributed by atoms with E-state index >= 15 is 0 Å².